The second kappa shape index (κ2) is 7.51. The number of carbonyl (C=O) groups excluding carboxylic acids is 1. The quantitative estimate of drug-likeness (QED) is 0.796. The fourth-order valence-corrected chi connectivity index (χ4v) is 1.85. The van der Waals surface area contributed by atoms with Crippen LogP contribution in [0.15, 0.2) is 36.5 Å². The molecule has 1 heterocycles. The van der Waals surface area contributed by atoms with Gasteiger partial charge in [0.2, 0.25) is 0 Å². The molecule has 0 aliphatic carbocycles. The molecule has 1 amide bonds. The SMILES string of the molecule is COCCN(CCO)C(=O)c1cnn(-c2ccccc2)n1. The first-order valence-electron chi connectivity index (χ1n) is 6.63. The van der Waals surface area contributed by atoms with E-state index >= 15 is 0 Å². The molecule has 7 nitrogen and oxygen atoms in total. The van der Waals surface area contributed by atoms with Crippen LogP contribution in [0.3, 0.4) is 0 Å². The van der Waals surface area contributed by atoms with Crippen LogP contribution in [0.1, 0.15) is 10.5 Å². The largest absolute Gasteiger partial charge is 0.395 e. The molecule has 2 rings (SSSR count). The highest BCUT2D eigenvalue weighted by Crippen LogP contribution is 2.06. The van der Waals surface area contributed by atoms with Gasteiger partial charge in [0.15, 0.2) is 5.69 Å². The number of methoxy groups -OCH3 is 1. The summed E-state index contributed by atoms with van der Waals surface area (Å²) >= 11 is 0. The van der Waals surface area contributed by atoms with E-state index < -0.39 is 0 Å². The Bertz CT molecular complexity index is 571. The van der Waals surface area contributed by atoms with Gasteiger partial charge in [0.05, 0.1) is 25.1 Å². The van der Waals surface area contributed by atoms with Crippen LogP contribution in [0.25, 0.3) is 5.69 Å². The number of aliphatic hydroxyl groups excluding tert-OH is 1. The van der Waals surface area contributed by atoms with E-state index in [9.17, 15) is 4.79 Å². The third-order valence-corrected chi connectivity index (χ3v) is 2.92. The van der Waals surface area contributed by atoms with Gasteiger partial charge in [-0.25, -0.2) is 0 Å². The van der Waals surface area contributed by atoms with Crippen molar-refractivity contribution >= 4 is 5.91 Å². The molecule has 0 unspecified atom stereocenters. The summed E-state index contributed by atoms with van der Waals surface area (Å²) in [4.78, 5) is 15.2. The van der Waals surface area contributed by atoms with Crippen molar-refractivity contribution in [2.45, 2.75) is 0 Å². The Balaban J connectivity index is 2.13. The van der Waals surface area contributed by atoms with Crippen molar-refractivity contribution in [2.75, 3.05) is 33.4 Å². The van der Waals surface area contributed by atoms with Crippen molar-refractivity contribution in [1.82, 2.24) is 19.9 Å². The third kappa shape index (κ3) is 3.87. The molecular formula is C14H18N4O3. The molecular weight excluding hydrogens is 272 g/mol. The highest BCUT2D eigenvalue weighted by molar-refractivity contribution is 5.91. The normalized spacial score (nSPS) is 10.6. The van der Waals surface area contributed by atoms with Gasteiger partial charge in [-0.2, -0.15) is 9.90 Å². The molecule has 0 atom stereocenters. The summed E-state index contributed by atoms with van der Waals surface area (Å²) < 4.78 is 4.96. The van der Waals surface area contributed by atoms with E-state index in [0.717, 1.165) is 5.69 Å². The van der Waals surface area contributed by atoms with Crippen molar-refractivity contribution in [3.05, 3.63) is 42.2 Å². The summed E-state index contributed by atoms with van der Waals surface area (Å²) in [6.07, 6.45) is 1.42. The van der Waals surface area contributed by atoms with E-state index in [4.69, 9.17) is 9.84 Å². The van der Waals surface area contributed by atoms with Gasteiger partial charge < -0.3 is 14.7 Å². The van der Waals surface area contributed by atoms with E-state index in [0.29, 0.717) is 13.2 Å². The van der Waals surface area contributed by atoms with Gasteiger partial charge in [-0.1, -0.05) is 18.2 Å². The van der Waals surface area contributed by atoms with Gasteiger partial charge in [0.25, 0.3) is 5.91 Å². The molecule has 2 aromatic rings. The summed E-state index contributed by atoms with van der Waals surface area (Å²) in [7, 11) is 1.56. The summed E-state index contributed by atoms with van der Waals surface area (Å²) in [5, 5.41) is 17.3. The van der Waals surface area contributed by atoms with Crippen LogP contribution in [0.4, 0.5) is 0 Å². The summed E-state index contributed by atoms with van der Waals surface area (Å²) in [5.74, 6) is -0.275. The Hall–Kier alpha value is -2.25. The lowest BCUT2D eigenvalue weighted by molar-refractivity contribution is 0.0650. The van der Waals surface area contributed by atoms with Crippen molar-refractivity contribution in [1.29, 1.82) is 0 Å². The van der Waals surface area contributed by atoms with Crippen molar-refractivity contribution < 1.29 is 14.6 Å². The Morgan fingerprint density at radius 2 is 2.10 bits per heavy atom. The molecule has 0 spiro atoms. The molecule has 0 saturated heterocycles. The lowest BCUT2D eigenvalue weighted by Crippen LogP contribution is -2.36. The number of nitrogens with zero attached hydrogens (tertiary/aromatic N) is 4. The number of hydrogen-bond acceptors (Lipinski definition) is 5. The molecule has 112 valence electrons. The predicted octanol–water partition coefficient (Wildman–Crippen LogP) is 0.348. The smallest absolute Gasteiger partial charge is 0.276 e. The summed E-state index contributed by atoms with van der Waals surface area (Å²) in [6.45, 7) is 0.926. The molecule has 1 aromatic carbocycles. The Labute approximate surface area is 122 Å². The maximum absolute atomic E-state index is 12.3. The highest BCUT2D eigenvalue weighted by atomic mass is 16.5. The first-order chi connectivity index (χ1) is 10.3. The molecule has 1 N–H and O–H groups in total. The number of aliphatic hydroxyl groups is 1. The van der Waals surface area contributed by atoms with Crippen LogP contribution in [0, 0.1) is 0 Å². The van der Waals surface area contributed by atoms with Crippen molar-refractivity contribution in [2.24, 2.45) is 0 Å². The average molecular weight is 290 g/mol. The van der Waals surface area contributed by atoms with Gasteiger partial charge in [-0.05, 0) is 12.1 Å². The summed E-state index contributed by atoms with van der Waals surface area (Å²) in [6, 6.07) is 9.34. The minimum Gasteiger partial charge on any atom is -0.395 e. The van der Waals surface area contributed by atoms with Gasteiger partial charge >= 0.3 is 0 Å². The first kappa shape index (κ1) is 15.1. The number of rotatable bonds is 7. The molecule has 0 saturated carbocycles. The van der Waals surface area contributed by atoms with Crippen LogP contribution in [0.5, 0.6) is 0 Å². The minimum absolute atomic E-state index is 0.109. The Kier molecular flexibility index (Phi) is 5.42. The van der Waals surface area contributed by atoms with Gasteiger partial charge in [0, 0.05) is 20.2 Å². The zero-order valence-electron chi connectivity index (χ0n) is 11.8. The van der Waals surface area contributed by atoms with E-state index in [1.807, 2.05) is 30.3 Å². The predicted molar refractivity (Wildman–Crippen MR) is 76.2 cm³/mol. The maximum atomic E-state index is 12.3. The van der Waals surface area contributed by atoms with Crippen molar-refractivity contribution in [3.8, 4) is 5.69 Å². The molecule has 0 radical (unpaired) electrons. The first-order valence-corrected chi connectivity index (χ1v) is 6.63. The van der Waals surface area contributed by atoms with Gasteiger partial charge in [-0.3, -0.25) is 4.79 Å². The number of aromatic nitrogens is 3. The lowest BCUT2D eigenvalue weighted by Gasteiger charge is -2.19. The standard InChI is InChI=1S/C14H18N4O3/c1-21-10-8-17(7-9-19)14(20)13-11-15-18(16-13)12-5-3-2-4-6-12/h2-6,11,19H,7-10H2,1H3. The maximum Gasteiger partial charge on any atom is 0.276 e. The summed E-state index contributed by atoms with van der Waals surface area (Å²) in [5.41, 5.74) is 1.02. The third-order valence-electron chi connectivity index (χ3n) is 2.92. The second-order valence-corrected chi connectivity index (χ2v) is 4.36. The molecule has 1 aromatic heterocycles. The molecule has 7 heteroatoms. The Morgan fingerprint density at radius 1 is 1.33 bits per heavy atom. The van der Waals surface area contributed by atoms with Crippen LogP contribution < -0.4 is 0 Å². The zero-order valence-corrected chi connectivity index (χ0v) is 11.8. The number of para-hydroxylation sites is 1. The number of amides is 1. The fourth-order valence-electron chi connectivity index (χ4n) is 1.85. The monoisotopic (exact) mass is 290 g/mol. The second-order valence-electron chi connectivity index (χ2n) is 4.36. The zero-order chi connectivity index (χ0) is 15.1. The molecule has 21 heavy (non-hydrogen) atoms. The van der Waals surface area contributed by atoms with Crippen LogP contribution >= 0.6 is 0 Å². The van der Waals surface area contributed by atoms with Gasteiger partial charge in [-0.15, -0.1) is 5.10 Å². The molecule has 0 aliphatic rings. The highest BCUT2D eigenvalue weighted by Gasteiger charge is 2.18. The number of hydrogen-bond donors (Lipinski definition) is 1. The van der Waals surface area contributed by atoms with E-state index in [2.05, 4.69) is 10.2 Å². The van der Waals surface area contributed by atoms with E-state index in [-0.39, 0.29) is 24.8 Å². The molecule has 0 aliphatic heterocycles. The van der Waals surface area contributed by atoms with Crippen LogP contribution in [0.2, 0.25) is 0 Å². The number of benzene rings is 1. The van der Waals surface area contributed by atoms with Crippen molar-refractivity contribution in [3.63, 3.8) is 0 Å². The van der Waals surface area contributed by atoms with E-state index in [1.54, 1.807) is 7.11 Å². The molecule has 0 bridgehead atoms. The van der Waals surface area contributed by atoms with Crippen LogP contribution in [-0.2, 0) is 4.74 Å². The Morgan fingerprint density at radius 3 is 2.76 bits per heavy atom. The molecule has 0 fully saturated rings. The van der Waals surface area contributed by atoms with Crippen LogP contribution in [-0.4, -0.2) is 64.3 Å². The minimum atomic E-state index is -0.275. The fraction of sp³-hybridized carbons (Fsp3) is 0.357. The van der Waals surface area contributed by atoms with E-state index in [1.165, 1.54) is 15.9 Å². The lowest BCUT2D eigenvalue weighted by atomic mass is 10.3. The number of ether oxygens (including phenoxy) is 1. The average Bonchev–Trinajstić information content (AvgIpc) is 3.01. The van der Waals surface area contributed by atoms with Gasteiger partial charge in [0.1, 0.15) is 0 Å². The number of carbonyl (C=O) groups is 1. The topological polar surface area (TPSA) is 80.5 Å².